The number of hydrogen-bond acceptors (Lipinski definition) is 9. The van der Waals surface area contributed by atoms with Gasteiger partial charge in [0.1, 0.15) is 18.1 Å². The quantitative estimate of drug-likeness (QED) is 0.136. The van der Waals surface area contributed by atoms with Crippen molar-refractivity contribution < 1.29 is 24.3 Å². The van der Waals surface area contributed by atoms with Gasteiger partial charge in [-0.25, -0.2) is 14.8 Å². The molecule has 13 nitrogen and oxygen atoms in total. The Hall–Kier alpha value is -3.04. The number of carbonyl (C=O) groups is 4. The second kappa shape index (κ2) is 12.9. The zero-order chi connectivity index (χ0) is 24.4. The standard InChI is InChI=1S/C18H26N8O5S2/c19-11(5-32)15(27)24-12(1-9-3-20-7-22-9)16(28)25-13(2-10-4-21-8-23-10)17(29)26-14(6-33)18(30)31/h3-4,7-8,11-14,32-33H,1-2,5-6,19H2,(H,20,22)(H,21,23)(H,24,27)(H,25,28)(H,26,29)(H,30,31)/t11-,12-,13-,14-/m0/s1. The maximum Gasteiger partial charge on any atom is 0.327 e. The summed E-state index contributed by atoms with van der Waals surface area (Å²) < 4.78 is 0. The van der Waals surface area contributed by atoms with Crippen LogP contribution < -0.4 is 21.7 Å². The Labute approximate surface area is 199 Å². The van der Waals surface area contributed by atoms with Crippen molar-refractivity contribution in [2.75, 3.05) is 11.5 Å². The molecule has 0 radical (unpaired) electrons. The minimum atomic E-state index is -1.27. The van der Waals surface area contributed by atoms with Gasteiger partial charge in [0.2, 0.25) is 17.7 Å². The molecule has 0 aliphatic carbocycles. The van der Waals surface area contributed by atoms with Crippen LogP contribution in [0, 0.1) is 0 Å². The molecule has 3 amide bonds. The molecule has 0 saturated carbocycles. The minimum Gasteiger partial charge on any atom is -0.480 e. The normalized spacial score (nSPS) is 14.5. The number of amides is 3. The van der Waals surface area contributed by atoms with E-state index in [9.17, 15) is 24.3 Å². The average Bonchev–Trinajstić information content (AvgIpc) is 3.49. The smallest absolute Gasteiger partial charge is 0.327 e. The number of imidazole rings is 2. The van der Waals surface area contributed by atoms with Crippen molar-refractivity contribution >= 4 is 48.9 Å². The van der Waals surface area contributed by atoms with Gasteiger partial charge in [-0.15, -0.1) is 0 Å². The molecule has 0 bridgehead atoms. The van der Waals surface area contributed by atoms with Gasteiger partial charge < -0.3 is 36.8 Å². The number of nitrogens with zero attached hydrogens (tertiary/aromatic N) is 2. The number of rotatable bonds is 13. The lowest BCUT2D eigenvalue weighted by Gasteiger charge is -2.24. The van der Waals surface area contributed by atoms with E-state index >= 15 is 0 Å². The molecular weight excluding hydrogens is 472 g/mol. The second-order valence-corrected chi connectivity index (χ2v) is 7.79. The van der Waals surface area contributed by atoms with Gasteiger partial charge in [-0.1, -0.05) is 0 Å². The van der Waals surface area contributed by atoms with Gasteiger partial charge in [-0.3, -0.25) is 14.4 Å². The number of H-pyrrole nitrogens is 2. The van der Waals surface area contributed by atoms with Crippen molar-refractivity contribution in [3.05, 3.63) is 36.4 Å². The summed E-state index contributed by atoms with van der Waals surface area (Å²) in [5.41, 5.74) is 6.79. The van der Waals surface area contributed by atoms with Crippen LogP contribution in [0.2, 0.25) is 0 Å². The molecule has 2 rings (SSSR count). The highest BCUT2D eigenvalue weighted by Crippen LogP contribution is 2.04. The summed E-state index contributed by atoms with van der Waals surface area (Å²) >= 11 is 7.92. The van der Waals surface area contributed by atoms with Crippen molar-refractivity contribution in [2.24, 2.45) is 5.73 Å². The molecule has 0 aliphatic rings. The molecule has 8 N–H and O–H groups in total. The molecule has 33 heavy (non-hydrogen) atoms. The van der Waals surface area contributed by atoms with Crippen LogP contribution in [0.5, 0.6) is 0 Å². The average molecular weight is 499 g/mol. The van der Waals surface area contributed by atoms with Crippen LogP contribution in [-0.4, -0.2) is 84.4 Å². The monoisotopic (exact) mass is 498 g/mol. The topological polar surface area (TPSA) is 208 Å². The summed E-state index contributed by atoms with van der Waals surface area (Å²) in [5.74, 6) is -3.36. The maximum atomic E-state index is 13.1. The summed E-state index contributed by atoms with van der Waals surface area (Å²) in [4.78, 5) is 62.9. The third-order valence-electron chi connectivity index (χ3n) is 4.55. The van der Waals surface area contributed by atoms with Gasteiger partial charge in [0.25, 0.3) is 0 Å². The summed E-state index contributed by atoms with van der Waals surface area (Å²) in [6.45, 7) is 0. The van der Waals surface area contributed by atoms with Crippen molar-refractivity contribution in [1.29, 1.82) is 0 Å². The number of aromatic nitrogens is 4. The minimum absolute atomic E-state index is 0.00262. The highest BCUT2D eigenvalue weighted by Gasteiger charge is 2.30. The highest BCUT2D eigenvalue weighted by atomic mass is 32.1. The van der Waals surface area contributed by atoms with E-state index in [0.717, 1.165) is 0 Å². The van der Waals surface area contributed by atoms with Crippen LogP contribution in [-0.2, 0) is 32.0 Å². The summed E-state index contributed by atoms with van der Waals surface area (Å²) in [6, 6.07) is -4.46. The van der Waals surface area contributed by atoms with Crippen molar-refractivity contribution in [3.8, 4) is 0 Å². The number of aliphatic carboxylic acids is 1. The van der Waals surface area contributed by atoms with Crippen LogP contribution >= 0.6 is 25.3 Å². The molecule has 0 fully saturated rings. The third kappa shape index (κ3) is 8.11. The predicted octanol–water partition coefficient (Wildman–Crippen LogP) is -2.36. The second-order valence-electron chi connectivity index (χ2n) is 7.06. The molecule has 0 aromatic carbocycles. The van der Waals surface area contributed by atoms with Crippen LogP contribution in [0.3, 0.4) is 0 Å². The van der Waals surface area contributed by atoms with Crippen LogP contribution in [0.4, 0.5) is 0 Å². The van der Waals surface area contributed by atoms with Crippen molar-refractivity contribution in [2.45, 2.75) is 37.0 Å². The lowest BCUT2D eigenvalue weighted by atomic mass is 10.1. The van der Waals surface area contributed by atoms with E-state index in [2.05, 4.69) is 61.1 Å². The van der Waals surface area contributed by atoms with Crippen LogP contribution in [0.25, 0.3) is 0 Å². The molecule has 0 unspecified atom stereocenters. The van der Waals surface area contributed by atoms with E-state index in [0.29, 0.717) is 11.4 Å². The molecule has 180 valence electrons. The fourth-order valence-electron chi connectivity index (χ4n) is 2.74. The van der Waals surface area contributed by atoms with E-state index in [1.807, 2.05) is 0 Å². The van der Waals surface area contributed by atoms with E-state index in [1.165, 1.54) is 25.0 Å². The summed E-state index contributed by atoms with van der Waals surface area (Å²) in [6.07, 6.45) is 5.82. The Bertz CT molecular complexity index is 924. The number of nitrogens with two attached hydrogens (primary N) is 1. The molecule has 4 atom stereocenters. The van der Waals surface area contributed by atoms with E-state index < -0.39 is 47.9 Å². The Balaban J connectivity index is 2.21. The number of carboxylic acid groups (broad SMARTS) is 1. The molecule has 0 saturated heterocycles. The molecule has 15 heteroatoms. The van der Waals surface area contributed by atoms with Crippen molar-refractivity contribution in [3.63, 3.8) is 0 Å². The van der Waals surface area contributed by atoms with Gasteiger partial charge in [0, 0.05) is 48.1 Å². The Morgan fingerprint density at radius 1 is 0.848 bits per heavy atom. The van der Waals surface area contributed by atoms with Gasteiger partial charge in [0.15, 0.2) is 0 Å². The molecule has 2 aromatic rings. The van der Waals surface area contributed by atoms with Crippen LogP contribution in [0.1, 0.15) is 11.4 Å². The summed E-state index contributed by atoms with van der Waals surface area (Å²) in [7, 11) is 0. The number of carboxylic acids is 1. The van der Waals surface area contributed by atoms with Gasteiger partial charge in [-0.2, -0.15) is 25.3 Å². The first-order chi connectivity index (χ1) is 15.7. The SMILES string of the molecule is N[C@@H](CS)C(=O)N[C@@H](Cc1cnc[nH]1)C(=O)N[C@@H](Cc1cnc[nH]1)C(=O)N[C@@H](CS)C(=O)O. The van der Waals surface area contributed by atoms with E-state index in [4.69, 9.17) is 5.73 Å². The lowest BCUT2D eigenvalue weighted by Crippen LogP contribution is -2.58. The molecular formula is C18H26N8O5S2. The number of carbonyl (C=O) groups excluding carboxylic acids is 3. The van der Waals surface area contributed by atoms with E-state index in [1.54, 1.807) is 0 Å². The molecule has 0 spiro atoms. The Morgan fingerprint density at radius 2 is 1.30 bits per heavy atom. The summed E-state index contributed by atoms with van der Waals surface area (Å²) in [5, 5.41) is 16.7. The highest BCUT2D eigenvalue weighted by molar-refractivity contribution is 7.80. The Kier molecular flexibility index (Phi) is 10.2. The van der Waals surface area contributed by atoms with E-state index in [-0.39, 0.29) is 24.3 Å². The maximum absolute atomic E-state index is 13.1. The van der Waals surface area contributed by atoms with Crippen molar-refractivity contribution in [1.82, 2.24) is 35.9 Å². The first-order valence-electron chi connectivity index (χ1n) is 9.80. The Morgan fingerprint density at radius 3 is 1.67 bits per heavy atom. The molecule has 2 heterocycles. The lowest BCUT2D eigenvalue weighted by molar-refractivity contribution is -0.141. The number of thiol groups is 2. The first-order valence-corrected chi connectivity index (χ1v) is 11.1. The molecule has 2 aromatic heterocycles. The zero-order valence-electron chi connectivity index (χ0n) is 17.4. The van der Waals surface area contributed by atoms with Gasteiger partial charge >= 0.3 is 5.97 Å². The first kappa shape index (κ1) is 26.2. The molecule has 0 aliphatic heterocycles. The largest absolute Gasteiger partial charge is 0.480 e. The third-order valence-corrected chi connectivity index (χ3v) is 5.31. The number of aromatic amines is 2. The fourth-order valence-corrected chi connectivity index (χ4v) is 3.16. The number of hydrogen-bond donors (Lipinski definition) is 9. The number of nitrogens with one attached hydrogen (secondary N) is 5. The van der Waals surface area contributed by atoms with Crippen LogP contribution in [0.15, 0.2) is 25.0 Å². The zero-order valence-corrected chi connectivity index (χ0v) is 19.2. The van der Waals surface area contributed by atoms with Gasteiger partial charge in [-0.05, 0) is 0 Å². The fraction of sp³-hybridized carbons (Fsp3) is 0.444. The van der Waals surface area contributed by atoms with Gasteiger partial charge in [0.05, 0.1) is 18.7 Å². The predicted molar refractivity (Wildman–Crippen MR) is 124 cm³/mol.